The molecule has 1 aromatic carbocycles. The molecule has 0 atom stereocenters. The Morgan fingerprint density at radius 3 is 2.42 bits per heavy atom. The SMILES string of the molecule is O=C(Cc1cn(CN2CCCC2)c2ccccc12)N1CCCCC1. The number of para-hydroxylation sites is 1. The van der Waals surface area contributed by atoms with E-state index in [0.717, 1.165) is 32.6 Å². The van der Waals surface area contributed by atoms with Crippen molar-refractivity contribution < 1.29 is 4.79 Å². The van der Waals surface area contributed by atoms with E-state index < -0.39 is 0 Å². The fourth-order valence-corrected chi connectivity index (χ4v) is 4.14. The summed E-state index contributed by atoms with van der Waals surface area (Å²) < 4.78 is 2.33. The van der Waals surface area contributed by atoms with Crippen molar-refractivity contribution in [2.75, 3.05) is 26.2 Å². The van der Waals surface area contributed by atoms with Gasteiger partial charge >= 0.3 is 0 Å². The minimum atomic E-state index is 0.291. The monoisotopic (exact) mass is 325 g/mol. The molecule has 0 saturated carbocycles. The first-order chi connectivity index (χ1) is 11.8. The Morgan fingerprint density at radius 1 is 0.917 bits per heavy atom. The standard InChI is InChI=1S/C20H27N3O/c24-20(22-12-4-1-5-13-22)14-17-15-23(16-21-10-6-7-11-21)19-9-3-2-8-18(17)19/h2-3,8-9,15H,1,4-7,10-14,16H2. The van der Waals surface area contributed by atoms with Gasteiger partial charge in [-0.1, -0.05) is 18.2 Å². The van der Waals surface area contributed by atoms with E-state index in [9.17, 15) is 4.79 Å². The van der Waals surface area contributed by atoms with Gasteiger partial charge in [0, 0.05) is 30.2 Å². The van der Waals surface area contributed by atoms with Gasteiger partial charge < -0.3 is 9.47 Å². The van der Waals surface area contributed by atoms with Crippen LogP contribution in [-0.2, 0) is 17.9 Å². The molecule has 2 aliphatic rings. The molecule has 4 rings (SSSR count). The van der Waals surface area contributed by atoms with Crippen LogP contribution in [0.25, 0.3) is 10.9 Å². The zero-order chi connectivity index (χ0) is 16.4. The summed E-state index contributed by atoms with van der Waals surface area (Å²) in [4.78, 5) is 17.2. The van der Waals surface area contributed by atoms with Crippen LogP contribution in [0.1, 0.15) is 37.7 Å². The minimum Gasteiger partial charge on any atom is -0.342 e. The summed E-state index contributed by atoms with van der Waals surface area (Å²) in [7, 11) is 0. The molecule has 2 aliphatic heterocycles. The first-order valence-corrected chi connectivity index (χ1v) is 9.38. The highest BCUT2D eigenvalue weighted by atomic mass is 16.2. The van der Waals surface area contributed by atoms with Gasteiger partial charge in [0.05, 0.1) is 13.1 Å². The average Bonchev–Trinajstić information content (AvgIpc) is 3.25. The Balaban J connectivity index is 1.56. The van der Waals surface area contributed by atoms with Gasteiger partial charge in [0.25, 0.3) is 0 Å². The maximum Gasteiger partial charge on any atom is 0.227 e. The fraction of sp³-hybridized carbons (Fsp3) is 0.550. The first-order valence-electron chi connectivity index (χ1n) is 9.38. The number of rotatable bonds is 4. The quantitative estimate of drug-likeness (QED) is 0.863. The zero-order valence-corrected chi connectivity index (χ0v) is 14.4. The summed E-state index contributed by atoms with van der Waals surface area (Å²) in [5.41, 5.74) is 2.44. The molecule has 0 spiro atoms. The van der Waals surface area contributed by atoms with E-state index in [1.807, 2.05) is 0 Å². The predicted octanol–water partition coefficient (Wildman–Crippen LogP) is 3.25. The Kier molecular flexibility index (Phi) is 4.56. The number of aromatic nitrogens is 1. The number of carbonyl (C=O) groups is 1. The van der Waals surface area contributed by atoms with Crippen molar-refractivity contribution in [3.63, 3.8) is 0 Å². The zero-order valence-electron chi connectivity index (χ0n) is 14.4. The molecule has 2 aromatic rings. The molecule has 0 bridgehead atoms. The molecule has 128 valence electrons. The smallest absolute Gasteiger partial charge is 0.227 e. The Bertz CT molecular complexity index is 709. The lowest BCUT2D eigenvalue weighted by Gasteiger charge is -2.26. The molecule has 0 radical (unpaired) electrons. The second-order valence-electron chi connectivity index (χ2n) is 7.23. The van der Waals surface area contributed by atoms with Crippen molar-refractivity contribution in [3.05, 3.63) is 36.0 Å². The van der Waals surface area contributed by atoms with Crippen molar-refractivity contribution in [3.8, 4) is 0 Å². The molecule has 2 saturated heterocycles. The van der Waals surface area contributed by atoms with Crippen LogP contribution in [-0.4, -0.2) is 46.5 Å². The van der Waals surface area contributed by atoms with Crippen LogP contribution >= 0.6 is 0 Å². The third-order valence-electron chi connectivity index (χ3n) is 5.47. The van der Waals surface area contributed by atoms with Crippen LogP contribution in [0.15, 0.2) is 30.5 Å². The van der Waals surface area contributed by atoms with Crippen molar-refractivity contribution in [2.45, 2.75) is 45.2 Å². The van der Waals surface area contributed by atoms with E-state index in [2.05, 4.69) is 44.8 Å². The highest BCUT2D eigenvalue weighted by molar-refractivity contribution is 5.89. The Morgan fingerprint density at radius 2 is 1.62 bits per heavy atom. The summed E-state index contributed by atoms with van der Waals surface area (Å²) in [5.74, 6) is 0.291. The van der Waals surface area contributed by atoms with E-state index in [-0.39, 0.29) is 0 Å². The number of carbonyl (C=O) groups excluding carboxylic acids is 1. The molecule has 4 nitrogen and oxygen atoms in total. The number of piperidine rings is 1. The second-order valence-corrected chi connectivity index (χ2v) is 7.23. The third kappa shape index (κ3) is 3.20. The molecule has 24 heavy (non-hydrogen) atoms. The summed E-state index contributed by atoms with van der Waals surface area (Å²) in [6.07, 6.45) is 8.93. The van der Waals surface area contributed by atoms with Gasteiger partial charge in [-0.15, -0.1) is 0 Å². The van der Waals surface area contributed by atoms with Crippen molar-refractivity contribution >= 4 is 16.8 Å². The number of benzene rings is 1. The van der Waals surface area contributed by atoms with Gasteiger partial charge in [-0.25, -0.2) is 0 Å². The number of amides is 1. The summed E-state index contributed by atoms with van der Waals surface area (Å²) in [6.45, 7) is 5.19. The van der Waals surface area contributed by atoms with Crippen LogP contribution in [0.5, 0.6) is 0 Å². The average molecular weight is 325 g/mol. The summed E-state index contributed by atoms with van der Waals surface area (Å²) in [6, 6.07) is 8.52. The molecule has 1 amide bonds. The molecule has 0 unspecified atom stereocenters. The van der Waals surface area contributed by atoms with Gasteiger partial charge in [0.15, 0.2) is 0 Å². The van der Waals surface area contributed by atoms with Crippen LogP contribution in [0.4, 0.5) is 0 Å². The number of likely N-dealkylation sites (tertiary alicyclic amines) is 2. The Labute approximate surface area is 144 Å². The largest absolute Gasteiger partial charge is 0.342 e. The topological polar surface area (TPSA) is 28.5 Å². The summed E-state index contributed by atoms with van der Waals surface area (Å²) in [5, 5.41) is 1.24. The van der Waals surface area contributed by atoms with E-state index in [0.29, 0.717) is 12.3 Å². The van der Waals surface area contributed by atoms with Gasteiger partial charge in [0.2, 0.25) is 5.91 Å². The predicted molar refractivity (Wildman–Crippen MR) is 96.9 cm³/mol. The molecule has 4 heteroatoms. The van der Waals surface area contributed by atoms with Gasteiger partial charge in [0.1, 0.15) is 0 Å². The molecule has 3 heterocycles. The molecule has 2 fully saturated rings. The number of hydrogen-bond acceptors (Lipinski definition) is 2. The van der Waals surface area contributed by atoms with Gasteiger partial charge in [-0.2, -0.15) is 0 Å². The lowest BCUT2D eigenvalue weighted by Crippen LogP contribution is -2.36. The van der Waals surface area contributed by atoms with Crippen molar-refractivity contribution in [1.82, 2.24) is 14.4 Å². The van der Waals surface area contributed by atoms with Crippen LogP contribution < -0.4 is 0 Å². The van der Waals surface area contributed by atoms with Crippen LogP contribution in [0.2, 0.25) is 0 Å². The molecule has 0 N–H and O–H groups in total. The van der Waals surface area contributed by atoms with Crippen LogP contribution in [0.3, 0.4) is 0 Å². The fourth-order valence-electron chi connectivity index (χ4n) is 4.14. The van der Waals surface area contributed by atoms with Gasteiger partial charge in [-0.05, 0) is 56.8 Å². The molecular formula is C20H27N3O. The van der Waals surface area contributed by atoms with E-state index in [4.69, 9.17) is 0 Å². The van der Waals surface area contributed by atoms with Gasteiger partial charge in [-0.3, -0.25) is 9.69 Å². The summed E-state index contributed by atoms with van der Waals surface area (Å²) >= 11 is 0. The van der Waals surface area contributed by atoms with E-state index in [1.165, 1.54) is 48.8 Å². The first kappa shape index (κ1) is 15.7. The highest BCUT2D eigenvalue weighted by Gasteiger charge is 2.20. The van der Waals surface area contributed by atoms with E-state index >= 15 is 0 Å². The molecular weight excluding hydrogens is 298 g/mol. The Hall–Kier alpha value is -1.81. The third-order valence-corrected chi connectivity index (χ3v) is 5.47. The lowest BCUT2D eigenvalue weighted by atomic mass is 10.1. The molecule has 0 aliphatic carbocycles. The number of nitrogens with zero attached hydrogens (tertiary/aromatic N) is 3. The minimum absolute atomic E-state index is 0.291. The number of hydrogen-bond donors (Lipinski definition) is 0. The number of fused-ring (bicyclic) bond motifs is 1. The lowest BCUT2D eigenvalue weighted by molar-refractivity contribution is -0.131. The van der Waals surface area contributed by atoms with Crippen molar-refractivity contribution in [1.29, 1.82) is 0 Å². The van der Waals surface area contributed by atoms with Crippen molar-refractivity contribution in [2.24, 2.45) is 0 Å². The normalized spacial score (nSPS) is 19.2. The second kappa shape index (κ2) is 6.98. The maximum atomic E-state index is 12.7. The highest BCUT2D eigenvalue weighted by Crippen LogP contribution is 2.24. The van der Waals surface area contributed by atoms with Crippen LogP contribution in [0, 0.1) is 0 Å². The van der Waals surface area contributed by atoms with E-state index in [1.54, 1.807) is 0 Å². The maximum absolute atomic E-state index is 12.7. The molecule has 1 aromatic heterocycles.